The largest absolute Gasteiger partial charge is 0.347 e. The van der Waals surface area contributed by atoms with E-state index in [0.717, 1.165) is 31.5 Å². The topological polar surface area (TPSA) is 84.3 Å². The van der Waals surface area contributed by atoms with Gasteiger partial charge in [-0.15, -0.1) is 0 Å². The fourth-order valence-corrected chi connectivity index (χ4v) is 2.44. The summed E-state index contributed by atoms with van der Waals surface area (Å²) in [5.41, 5.74) is 0.511. The Morgan fingerprint density at radius 1 is 1.40 bits per heavy atom. The summed E-state index contributed by atoms with van der Waals surface area (Å²) in [6, 6.07) is 4.59. The molecule has 0 radical (unpaired) electrons. The van der Waals surface area contributed by atoms with Gasteiger partial charge in [0.2, 0.25) is 0 Å². The molecule has 1 aliphatic rings. The van der Waals surface area contributed by atoms with Gasteiger partial charge in [-0.3, -0.25) is 14.9 Å². The van der Waals surface area contributed by atoms with E-state index in [1.807, 2.05) is 13.8 Å². The van der Waals surface area contributed by atoms with Gasteiger partial charge in [0, 0.05) is 11.6 Å². The van der Waals surface area contributed by atoms with E-state index in [0.29, 0.717) is 0 Å². The van der Waals surface area contributed by atoms with Gasteiger partial charge in [-0.2, -0.15) is 0 Å². The zero-order valence-electron chi connectivity index (χ0n) is 11.7. The normalized spacial score (nSPS) is 17.5. The average Bonchev–Trinajstić information content (AvgIpc) is 2.38. The Morgan fingerprint density at radius 2 is 2.05 bits per heavy atom. The number of hydrogen-bond acceptors (Lipinski definition) is 4. The number of piperidine rings is 1. The molecule has 0 aliphatic carbocycles. The van der Waals surface area contributed by atoms with Crippen molar-refractivity contribution in [3.63, 3.8) is 0 Å². The number of hydrogen-bond donors (Lipinski definition) is 2. The number of nitro groups is 1. The Labute approximate surface area is 117 Å². The Bertz CT molecular complexity index is 536. The van der Waals surface area contributed by atoms with E-state index < -0.39 is 4.92 Å². The summed E-state index contributed by atoms with van der Waals surface area (Å²) >= 11 is 0. The molecule has 0 aromatic heterocycles. The third-order valence-electron chi connectivity index (χ3n) is 3.72. The van der Waals surface area contributed by atoms with Crippen LogP contribution in [0.4, 0.5) is 5.69 Å². The summed E-state index contributed by atoms with van der Waals surface area (Å²) in [5, 5.41) is 17.2. The molecule has 1 fully saturated rings. The van der Waals surface area contributed by atoms with Crippen molar-refractivity contribution in [3.8, 4) is 0 Å². The molecule has 1 saturated heterocycles. The molecule has 20 heavy (non-hydrogen) atoms. The molecule has 1 aromatic rings. The Balaban J connectivity index is 2.24. The number of aryl methyl sites for hydroxylation is 1. The van der Waals surface area contributed by atoms with Crippen molar-refractivity contribution in [2.45, 2.75) is 32.2 Å². The number of nitrogens with zero attached hydrogens (tertiary/aromatic N) is 1. The molecule has 1 amide bonds. The van der Waals surface area contributed by atoms with E-state index in [1.165, 1.54) is 6.07 Å². The van der Waals surface area contributed by atoms with Crippen LogP contribution in [-0.4, -0.2) is 29.5 Å². The average molecular weight is 277 g/mol. The fourth-order valence-electron chi connectivity index (χ4n) is 2.44. The molecular weight excluding hydrogens is 258 g/mol. The second-order valence-corrected chi connectivity index (χ2v) is 5.54. The van der Waals surface area contributed by atoms with Crippen LogP contribution in [0.2, 0.25) is 0 Å². The van der Waals surface area contributed by atoms with Crippen molar-refractivity contribution in [1.82, 2.24) is 10.6 Å². The lowest BCUT2D eigenvalue weighted by atomic mass is 9.90. The van der Waals surface area contributed by atoms with Gasteiger partial charge in [0.15, 0.2) is 0 Å². The van der Waals surface area contributed by atoms with Crippen LogP contribution in [0.25, 0.3) is 0 Å². The summed E-state index contributed by atoms with van der Waals surface area (Å²) in [6.45, 7) is 5.47. The minimum Gasteiger partial charge on any atom is -0.347 e. The van der Waals surface area contributed by atoms with Crippen LogP contribution < -0.4 is 10.6 Å². The molecule has 0 unspecified atom stereocenters. The molecule has 6 nitrogen and oxygen atoms in total. The quantitative estimate of drug-likeness (QED) is 0.651. The Kier molecular flexibility index (Phi) is 4.04. The Morgan fingerprint density at radius 3 is 2.65 bits per heavy atom. The highest BCUT2D eigenvalue weighted by Crippen LogP contribution is 2.23. The van der Waals surface area contributed by atoms with Crippen LogP contribution in [0, 0.1) is 17.0 Å². The summed E-state index contributed by atoms with van der Waals surface area (Å²) < 4.78 is 0. The Hall–Kier alpha value is -1.95. The van der Waals surface area contributed by atoms with E-state index in [9.17, 15) is 14.9 Å². The number of amides is 1. The summed E-state index contributed by atoms with van der Waals surface area (Å²) in [7, 11) is 0. The van der Waals surface area contributed by atoms with Crippen LogP contribution >= 0.6 is 0 Å². The maximum atomic E-state index is 12.4. The first-order valence-electron chi connectivity index (χ1n) is 6.70. The number of nitro benzene ring substituents is 1. The third kappa shape index (κ3) is 3.14. The standard InChI is InChI=1S/C14H19N3O3/c1-10-3-4-12(17(19)20)11(9-10)13(18)16-14(2)5-7-15-8-6-14/h3-4,9,15H,5-8H2,1-2H3,(H,16,18). The van der Waals surface area contributed by atoms with Crippen LogP contribution in [0.5, 0.6) is 0 Å². The van der Waals surface area contributed by atoms with Gasteiger partial charge in [-0.25, -0.2) is 0 Å². The molecule has 6 heteroatoms. The molecule has 0 atom stereocenters. The zero-order valence-corrected chi connectivity index (χ0v) is 11.7. The van der Waals surface area contributed by atoms with Gasteiger partial charge in [0.1, 0.15) is 5.56 Å². The van der Waals surface area contributed by atoms with Gasteiger partial charge < -0.3 is 10.6 Å². The lowest BCUT2D eigenvalue weighted by molar-refractivity contribution is -0.385. The molecule has 1 aliphatic heterocycles. The van der Waals surface area contributed by atoms with E-state index in [4.69, 9.17) is 0 Å². The highest BCUT2D eigenvalue weighted by molar-refractivity contribution is 5.98. The lowest BCUT2D eigenvalue weighted by Crippen LogP contribution is -2.52. The minimum absolute atomic E-state index is 0.134. The maximum Gasteiger partial charge on any atom is 0.282 e. The summed E-state index contributed by atoms with van der Waals surface area (Å²) in [6.07, 6.45) is 1.64. The molecule has 0 spiro atoms. The van der Waals surface area contributed by atoms with Crippen LogP contribution in [0.15, 0.2) is 18.2 Å². The van der Waals surface area contributed by atoms with Gasteiger partial charge >= 0.3 is 0 Å². The first-order valence-corrected chi connectivity index (χ1v) is 6.70. The van der Waals surface area contributed by atoms with Crippen molar-refractivity contribution in [2.24, 2.45) is 0 Å². The molecule has 0 bridgehead atoms. The molecule has 1 aromatic carbocycles. The predicted molar refractivity (Wildman–Crippen MR) is 75.8 cm³/mol. The second kappa shape index (κ2) is 5.58. The summed E-state index contributed by atoms with van der Waals surface area (Å²) in [5.74, 6) is -0.371. The first kappa shape index (κ1) is 14.5. The first-order chi connectivity index (χ1) is 9.41. The van der Waals surface area contributed by atoms with E-state index in [1.54, 1.807) is 12.1 Å². The SMILES string of the molecule is Cc1ccc([N+](=O)[O-])c(C(=O)NC2(C)CCNCC2)c1. The molecule has 2 rings (SSSR count). The van der Waals surface area contributed by atoms with Crippen LogP contribution in [-0.2, 0) is 0 Å². The molecule has 1 heterocycles. The highest BCUT2D eigenvalue weighted by Gasteiger charge is 2.30. The monoisotopic (exact) mass is 277 g/mol. The van der Waals surface area contributed by atoms with Gasteiger partial charge in [-0.1, -0.05) is 6.07 Å². The van der Waals surface area contributed by atoms with Crippen molar-refractivity contribution >= 4 is 11.6 Å². The van der Waals surface area contributed by atoms with Crippen LogP contribution in [0.3, 0.4) is 0 Å². The third-order valence-corrected chi connectivity index (χ3v) is 3.72. The number of carbonyl (C=O) groups excluding carboxylic acids is 1. The molecule has 2 N–H and O–H groups in total. The summed E-state index contributed by atoms with van der Waals surface area (Å²) in [4.78, 5) is 22.9. The zero-order chi connectivity index (χ0) is 14.8. The second-order valence-electron chi connectivity index (χ2n) is 5.54. The van der Waals surface area contributed by atoms with Crippen molar-refractivity contribution < 1.29 is 9.72 Å². The predicted octanol–water partition coefficient (Wildman–Crippen LogP) is 1.78. The van der Waals surface area contributed by atoms with Crippen LogP contribution in [0.1, 0.15) is 35.7 Å². The number of rotatable bonds is 3. The van der Waals surface area contributed by atoms with Crippen molar-refractivity contribution in [1.29, 1.82) is 0 Å². The lowest BCUT2D eigenvalue weighted by Gasteiger charge is -2.34. The fraction of sp³-hybridized carbons (Fsp3) is 0.500. The van der Waals surface area contributed by atoms with E-state index >= 15 is 0 Å². The van der Waals surface area contributed by atoms with E-state index in [-0.39, 0.29) is 22.7 Å². The molecule has 0 saturated carbocycles. The van der Waals surface area contributed by atoms with Gasteiger partial charge in [-0.05, 0) is 51.4 Å². The molecule has 108 valence electrons. The number of carbonyl (C=O) groups is 1. The molecular formula is C14H19N3O3. The highest BCUT2D eigenvalue weighted by atomic mass is 16.6. The number of benzene rings is 1. The maximum absolute atomic E-state index is 12.4. The smallest absolute Gasteiger partial charge is 0.282 e. The number of nitrogens with one attached hydrogen (secondary N) is 2. The minimum atomic E-state index is -0.515. The van der Waals surface area contributed by atoms with Crippen molar-refractivity contribution in [3.05, 3.63) is 39.4 Å². The van der Waals surface area contributed by atoms with E-state index in [2.05, 4.69) is 10.6 Å². The van der Waals surface area contributed by atoms with Crippen molar-refractivity contribution in [2.75, 3.05) is 13.1 Å². The van der Waals surface area contributed by atoms with Gasteiger partial charge in [0.05, 0.1) is 4.92 Å². The van der Waals surface area contributed by atoms with Gasteiger partial charge in [0.25, 0.3) is 11.6 Å².